The molecule has 0 aromatic heterocycles. The van der Waals surface area contributed by atoms with E-state index in [9.17, 15) is 4.79 Å². The Morgan fingerprint density at radius 1 is 0.885 bits per heavy atom. The fourth-order valence-electron chi connectivity index (χ4n) is 2.97. The van der Waals surface area contributed by atoms with Gasteiger partial charge in [-0.05, 0) is 42.0 Å². The van der Waals surface area contributed by atoms with Crippen molar-refractivity contribution in [3.8, 4) is 11.5 Å². The minimum atomic E-state index is -0.385. The summed E-state index contributed by atoms with van der Waals surface area (Å²) in [4.78, 5) is 12.5. The average Bonchev–Trinajstić information content (AvgIpc) is 2.67. The van der Waals surface area contributed by atoms with Gasteiger partial charge in [-0.2, -0.15) is 0 Å². The molecule has 1 aliphatic heterocycles. The van der Waals surface area contributed by atoms with E-state index in [0.29, 0.717) is 30.4 Å². The number of hydrogen-bond acceptors (Lipinski definition) is 4. The van der Waals surface area contributed by atoms with Crippen molar-refractivity contribution in [3.63, 3.8) is 0 Å². The molecule has 5 nitrogen and oxygen atoms in total. The number of hydrogen-bond donors (Lipinski definition) is 2. The molecule has 0 saturated heterocycles. The van der Waals surface area contributed by atoms with Crippen LogP contribution in [0.5, 0.6) is 11.5 Å². The van der Waals surface area contributed by atoms with Gasteiger partial charge < -0.3 is 20.1 Å². The summed E-state index contributed by atoms with van der Waals surface area (Å²) < 4.78 is 11.0. The lowest BCUT2D eigenvalue weighted by atomic mass is 10.1. The number of benzene rings is 3. The first-order valence-electron chi connectivity index (χ1n) is 8.65. The van der Waals surface area contributed by atoms with E-state index in [1.807, 2.05) is 49.4 Å². The van der Waals surface area contributed by atoms with Crippen LogP contribution >= 0.6 is 0 Å². The molecule has 0 bridgehead atoms. The monoisotopic (exact) mass is 348 g/mol. The summed E-state index contributed by atoms with van der Waals surface area (Å²) in [6, 6.07) is 19.2. The first kappa shape index (κ1) is 16.3. The van der Waals surface area contributed by atoms with Crippen LogP contribution in [0.1, 0.15) is 6.92 Å². The zero-order valence-corrected chi connectivity index (χ0v) is 14.5. The Kier molecular flexibility index (Phi) is 4.35. The fraction of sp³-hybridized carbons (Fsp3) is 0.190. The zero-order valence-electron chi connectivity index (χ0n) is 14.5. The van der Waals surface area contributed by atoms with E-state index in [2.05, 4.69) is 22.8 Å². The number of anilines is 2. The van der Waals surface area contributed by atoms with E-state index in [1.165, 1.54) is 5.39 Å². The van der Waals surface area contributed by atoms with Crippen molar-refractivity contribution in [3.05, 3.63) is 60.7 Å². The highest BCUT2D eigenvalue weighted by molar-refractivity contribution is 5.97. The number of fused-ring (bicyclic) bond motifs is 2. The maximum absolute atomic E-state index is 12.5. The number of carbonyl (C=O) groups is 1. The molecule has 0 unspecified atom stereocenters. The highest BCUT2D eigenvalue weighted by Gasteiger charge is 2.16. The third-order valence-corrected chi connectivity index (χ3v) is 4.34. The van der Waals surface area contributed by atoms with Gasteiger partial charge in [0.15, 0.2) is 11.5 Å². The molecule has 5 heteroatoms. The second-order valence-corrected chi connectivity index (χ2v) is 6.28. The van der Waals surface area contributed by atoms with Gasteiger partial charge in [-0.1, -0.05) is 30.3 Å². The lowest BCUT2D eigenvalue weighted by Gasteiger charge is -2.20. The molecule has 4 rings (SSSR count). The standard InChI is InChI=1S/C21H20N2O3/c1-14(22-17-7-6-15-4-2-3-5-16(15)12-17)21(24)23-18-8-9-19-20(13-18)26-11-10-25-19/h2-9,12-14,22H,10-11H2,1H3,(H,23,24)/t14-/m1/s1. The molecular weight excluding hydrogens is 328 g/mol. The maximum Gasteiger partial charge on any atom is 0.246 e. The van der Waals surface area contributed by atoms with Crippen LogP contribution in [0.4, 0.5) is 11.4 Å². The molecule has 2 N–H and O–H groups in total. The Bertz CT molecular complexity index is 955. The number of amides is 1. The van der Waals surface area contributed by atoms with Crippen LogP contribution < -0.4 is 20.1 Å². The molecule has 1 amide bonds. The predicted octanol–water partition coefficient (Wildman–Crippen LogP) is 4.05. The number of carbonyl (C=O) groups excluding carboxylic acids is 1. The molecular formula is C21H20N2O3. The Labute approximate surface area is 151 Å². The van der Waals surface area contributed by atoms with Crippen LogP contribution in [0.3, 0.4) is 0 Å². The minimum absolute atomic E-state index is 0.116. The van der Waals surface area contributed by atoms with E-state index >= 15 is 0 Å². The zero-order chi connectivity index (χ0) is 17.9. The maximum atomic E-state index is 12.5. The van der Waals surface area contributed by atoms with Gasteiger partial charge in [-0.15, -0.1) is 0 Å². The molecule has 0 fully saturated rings. The molecule has 3 aromatic rings. The van der Waals surface area contributed by atoms with Gasteiger partial charge in [-0.3, -0.25) is 4.79 Å². The van der Waals surface area contributed by atoms with Crippen molar-refractivity contribution in [2.24, 2.45) is 0 Å². The summed E-state index contributed by atoms with van der Waals surface area (Å²) in [6.07, 6.45) is 0. The Morgan fingerprint density at radius 3 is 2.46 bits per heavy atom. The Morgan fingerprint density at radius 2 is 1.62 bits per heavy atom. The topological polar surface area (TPSA) is 59.6 Å². The lowest BCUT2D eigenvalue weighted by Crippen LogP contribution is -2.31. The van der Waals surface area contributed by atoms with E-state index in [0.717, 1.165) is 11.1 Å². The van der Waals surface area contributed by atoms with E-state index < -0.39 is 0 Å². The first-order chi connectivity index (χ1) is 12.7. The second kappa shape index (κ2) is 6.96. The fourth-order valence-corrected chi connectivity index (χ4v) is 2.97. The van der Waals surface area contributed by atoms with Crippen molar-refractivity contribution in [2.45, 2.75) is 13.0 Å². The van der Waals surface area contributed by atoms with Crippen molar-refractivity contribution >= 4 is 28.1 Å². The largest absolute Gasteiger partial charge is 0.486 e. The van der Waals surface area contributed by atoms with Gasteiger partial charge in [0.05, 0.1) is 0 Å². The molecule has 26 heavy (non-hydrogen) atoms. The normalized spacial score (nSPS) is 13.9. The predicted molar refractivity (Wildman–Crippen MR) is 103 cm³/mol. The van der Waals surface area contributed by atoms with Crippen LogP contribution in [0, 0.1) is 0 Å². The molecule has 1 aliphatic rings. The SMILES string of the molecule is C[C@@H](Nc1ccc2ccccc2c1)C(=O)Nc1ccc2c(c1)OCCO2. The smallest absolute Gasteiger partial charge is 0.246 e. The van der Waals surface area contributed by atoms with Crippen LogP contribution in [-0.2, 0) is 4.79 Å². The average molecular weight is 348 g/mol. The summed E-state index contributed by atoms with van der Waals surface area (Å²) in [5.41, 5.74) is 1.60. The summed E-state index contributed by atoms with van der Waals surface area (Å²) in [6.45, 7) is 2.90. The highest BCUT2D eigenvalue weighted by Crippen LogP contribution is 2.32. The molecule has 1 heterocycles. The van der Waals surface area contributed by atoms with E-state index in [4.69, 9.17) is 9.47 Å². The summed E-state index contributed by atoms with van der Waals surface area (Å²) >= 11 is 0. The van der Waals surface area contributed by atoms with Crippen molar-refractivity contribution in [2.75, 3.05) is 23.8 Å². The number of ether oxygens (including phenoxy) is 2. The van der Waals surface area contributed by atoms with Crippen LogP contribution in [0.2, 0.25) is 0 Å². The molecule has 0 aliphatic carbocycles. The molecule has 0 spiro atoms. The molecule has 132 valence electrons. The first-order valence-corrected chi connectivity index (χ1v) is 8.65. The summed E-state index contributed by atoms with van der Waals surface area (Å²) in [5.74, 6) is 1.25. The minimum Gasteiger partial charge on any atom is -0.486 e. The molecule has 1 atom stereocenters. The van der Waals surface area contributed by atoms with Crippen LogP contribution in [-0.4, -0.2) is 25.2 Å². The van der Waals surface area contributed by atoms with Gasteiger partial charge in [0.1, 0.15) is 19.3 Å². The lowest BCUT2D eigenvalue weighted by molar-refractivity contribution is -0.116. The molecule has 0 saturated carbocycles. The van der Waals surface area contributed by atoms with Crippen molar-refractivity contribution in [1.29, 1.82) is 0 Å². The van der Waals surface area contributed by atoms with Gasteiger partial charge in [0.25, 0.3) is 0 Å². The molecule has 0 radical (unpaired) electrons. The van der Waals surface area contributed by atoms with Crippen molar-refractivity contribution in [1.82, 2.24) is 0 Å². The summed E-state index contributed by atoms with van der Waals surface area (Å²) in [5, 5.41) is 8.47. The highest BCUT2D eigenvalue weighted by atomic mass is 16.6. The number of nitrogens with one attached hydrogen (secondary N) is 2. The van der Waals surface area contributed by atoms with Crippen LogP contribution in [0.25, 0.3) is 10.8 Å². The van der Waals surface area contributed by atoms with Gasteiger partial charge in [0.2, 0.25) is 5.91 Å². The van der Waals surface area contributed by atoms with E-state index in [1.54, 1.807) is 6.07 Å². The quantitative estimate of drug-likeness (QED) is 0.747. The van der Waals surface area contributed by atoms with E-state index in [-0.39, 0.29) is 11.9 Å². The second-order valence-electron chi connectivity index (χ2n) is 6.28. The number of rotatable bonds is 4. The van der Waals surface area contributed by atoms with Gasteiger partial charge in [0, 0.05) is 17.4 Å². The Hall–Kier alpha value is -3.21. The van der Waals surface area contributed by atoms with Gasteiger partial charge in [-0.25, -0.2) is 0 Å². The van der Waals surface area contributed by atoms with Gasteiger partial charge >= 0.3 is 0 Å². The third kappa shape index (κ3) is 3.42. The summed E-state index contributed by atoms with van der Waals surface area (Å²) in [7, 11) is 0. The van der Waals surface area contributed by atoms with Crippen molar-refractivity contribution < 1.29 is 14.3 Å². The Balaban J connectivity index is 1.44. The van der Waals surface area contributed by atoms with Crippen LogP contribution in [0.15, 0.2) is 60.7 Å². The third-order valence-electron chi connectivity index (χ3n) is 4.34. The molecule has 3 aromatic carbocycles.